The molecule has 1 aliphatic rings. The molecule has 1 aromatic rings. The lowest BCUT2D eigenvalue weighted by atomic mass is 10.2. The number of hydrogen-bond acceptors (Lipinski definition) is 4. The topological polar surface area (TPSA) is 58.8 Å². The van der Waals surface area contributed by atoms with E-state index in [1.165, 1.54) is 0 Å². The molecule has 0 unspecified atom stereocenters. The lowest BCUT2D eigenvalue weighted by molar-refractivity contribution is -0.133. The average molecular weight is 263 g/mol. The van der Waals surface area contributed by atoms with Crippen LogP contribution in [0.2, 0.25) is 0 Å². The van der Waals surface area contributed by atoms with E-state index in [0.717, 1.165) is 11.3 Å². The van der Waals surface area contributed by atoms with Crippen molar-refractivity contribution in [3.05, 3.63) is 29.8 Å². The van der Waals surface area contributed by atoms with Gasteiger partial charge in [-0.15, -0.1) is 0 Å². The summed E-state index contributed by atoms with van der Waals surface area (Å²) < 4.78 is 5.25. The number of nitrogens with zero attached hydrogens (tertiary/aromatic N) is 2. The average Bonchev–Trinajstić information content (AvgIpc) is 2.48. The molecule has 0 spiro atoms. The third-order valence-electron chi connectivity index (χ3n) is 3.32. The monoisotopic (exact) mass is 263 g/mol. The van der Waals surface area contributed by atoms with Gasteiger partial charge in [-0.05, 0) is 17.7 Å². The van der Waals surface area contributed by atoms with Crippen molar-refractivity contribution >= 4 is 11.6 Å². The Labute approximate surface area is 113 Å². The number of likely N-dealkylation sites (N-methyl/N-ethyl adjacent to an activating group) is 1. The smallest absolute Gasteiger partial charge is 0.242 e. The Balaban J connectivity index is 1.95. The minimum Gasteiger partial charge on any atom is -0.378 e. The van der Waals surface area contributed by atoms with E-state index >= 15 is 0 Å². The molecule has 0 aromatic heterocycles. The second kappa shape index (κ2) is 6.54. The maximum atomic E-state index is 12.1. The van der Waals surface area contributed by atoms with Crippen LogP contribution in [0.4, 0.5) is 5.69 Å². The highest BCUT2D eigenvalue weighted by atomic mass is 16.5. The van der Waals surface area contributed by atoms with Gasteiger partial charge in [0.25, 0.3) is 0 Å². The SMILES string of the molecule is CN(CC(=O)N1CCOCC1)c1cccc(CN)c1. The molecule has 0 aliphatic carbocycles. The molecule has 0 atom stereocenters. The van der Waals surface area contributed by atoms with E-state index in [1.807, 2.05) is 41.1 Å². The predicted octanol–water partition coefficient (Wildman–Crippen LogP) is 0.440. The van der Waals surface area contributed by atoms with Gasteiger partial charge in [0.05, 0.1) is 19.8 Å². The van der Waals surface area contributed by atoms with Crippen molar-refractivity contribution in [2.45, 2.75) is 6.54 Å². The summed E-state index contributed by atoms with van der Waals surface area (Å²) in [5.74, 6) is 0.143. The van der Waals surface area contributed by atoms with Gasteiger partial charge >= 0.3 is 0 Å². The molecule has 1 fully saturated rings. The van der Waals surface area contributed by atoms with Crippen molar-refractivity contribution < 1.29 is 9.53 Å². The van der Waals surface area contributed by atoms with Crippen molar-refractivity contribution in [3.63, 3.8) is 0 Å². The third kappa shape index (κ3) is 3.68. The molecule has 0 radical (unpaired) electrons. The Hall–Kier alpha value is -1.59. The van der Waals surface area contributed by atoms with E-state index in [4.69, 9.17) is 10.5 Å². The van der Waals surface area contributed by atoms with Gasteiger partial charge in [0.2, 0.25) is 5.91 Å². The molecule has 1 aliphatic heterocycles. The summed E-state index contributed by atoms with van der Waals surface area (Å²) >= 11 is 0. The van der Waals surface area contributed by atoms with E-state index in [0.29, 0.717) is 39.4 Å². The second-order valence-electron chi connectivity index (χ2n) is 4.72. The second-order valence-corrected chi connectivity index (χ2v) is 4.72. The maximum Gasteiger partial charge on any atom is 0.242 e. The lowest BCUT2D eigenvalue weighted by Gasteiger charge is -2.29. The first-order valence-electron chi connectivity index (χ1n) is 6.56. The van der Waals surface area contributed by atoms with Crippen LogP contribution in [-0.4, -0.2) is 50.7 Å². The van der Waals surface area contributed by atoms with Gasteiger partial charge in [0, 0.05) is 32.4 Å². The number of rotatable bonds is 4. The molecule has 104 valence electrons. The molecular formula is C14H21N3O2. The van der Waals surface area contributed by atoms with E-state index in [9.17, 15) is 4.79 Å². The third-order valence-corrected chi connectivity index (χ3v) is 3.32. The molecule has 0 saturated carbocycles. The van der Waals surface area contributed by atoms with Crippen LogP contribution in [0.5, 0.6) is 0 Å². The van der Waals surface area contributed by atoms with Crippen LogP contribution in [0.1, 0.15) is 5.56 Å². The van der Waals surface area contributed by atoms with Crippen LogP contribution >= 0.6 is 0 Å². The summed E-state index contributed by atoms with van der Waals surface area (Å²) in [5.41, 5.74) is 7.72. The summed E-state index contributed by atoms with van der Waals surface area (Å²) in [7, 11) is 1.92. The van der Waals surface area contributed by atoms with Crippen LogP contribution in [0.15, 0.2) is 24.3 Å². The van der Waals surface area contributed by atoms with Gasteiger partial charge < -0.3 is 20.3 Å². The first kappa shape index (κ1) is 13.8. The van der Waals surface area contributed by atoms with Gasteiger partial charge in [-0.25, -0.2) is 0 Å². The van der Waals surface area contributed by atoms with Crippen LogP contribution in [0.3, 0.4) is 0 Å². The fourth-order valence-corrected chi connectivity index (χ4v) is 2.13. The minimum atomic E-state index is 0.143. The largest absolute Gasteiger partial charge is 0.378 e. The Morgan fingerprint density at radius 1 is 1.42 bits per heavy atom. The van der Waals surface area contributed by atoms with Gasteiger partial charge in [0.15, 0.2) is 0 Å². The van der Waals surface area contributed by atoms with Crippen molar-refractivity contribution in [3.8, 4) is 0 Å². The summed E-state index contributed by atoms with van der Waals surface area (Å²) in [4.78, 5) is 15.9. The van der Waals surface area contributed by atoms with Gasteiger partial charge in [0.1, 0.15) is 0 Å². The molecule has 2 N–H and O–H groups in total. The van der Waals surface area contributed by atoms with E-state index in [2.05, 4.69) is 0 Å². The zero-order valence-corrected chi connectivity index (χ0v) is 11.3. The van der Waals surface area contributed by atoms with Crippen LogP contribution in [0.25, 0.3) is 0 Å². The van der Waals surface area contributed by atoms with Gasteiger partial charge in [-0.3, -0.25) is 4.79 Å². The van der Waals surface area contributed by atoms with Crippen molar-refractivity contribution in [1.82, 2.24) is 4.90 Å². The summed E-state index contributed by atoms with van der Waals surface area (Å²) in [6.45, 7) is 3.55. The maximum absolute atomic E-state index is 12.1. The number of carbonyl (C=O) groups excluding carboxylic acids is 1. The summed E-state index contributed by atoms with van der Waals surface area (Å²) in [5, 5.41) is 0. The Kier molecular flexibility index (Phi) is 4.76. The highest BCUT2D eigenvalue weighted by molar-refractivity contribution is 5.81. The first-order chi connectivity index (χ1) is 9.20. The number of anilines is 1. The molecule has 1 saturated heterocycles. The molecule has 2 rings (SSSR count). The zero-order chi connectivity index (χ0) is 13.7. The Bertz CT molecular complexity index is 430. The van der Waals surface area contributed by atoms with Gasteiger partial charge in [-0.1, -0.05) is 12.1 Å². The van der Waals surface area contributed by atoms with Crippen LogP contribution in [-0.2, 0) is 16.1 Å². The molecule has 1 aromatic carbocycles. The number of ether oxygens (including phenoxy) is 1. The van der Waals surface area contributed by atoms with Crippen LogP contribution < -0.4 is 10.6 Å². The number of benzene rings is 1. The number of amides is 1. The molecule has 5 nitrogen and oxygen atoms in total. The number of nitrogens with two attached hydrogens (primary N) is 1. The molecule has 19 heavy (non-hydrogen) atoms. The highest BCUT2D eigenvalue weighted by Gasteiger charge is 2.18. The minimum absolute atomic E-state index is 0.143. The van der Waals surface area contributed by atoms with Crippen LogP contribution in [0, 0.1) is 0 Å². The summed E-state index contributed by atoms with van der Waals surface area (Å²) in [6, 6.07) is 7.97. The normalized spacial score (nSPS) is 15.4. The number of hydrogen-bond donors (Lipinski definition) is 1. The molecule has 1 amide bonds. The van der Waals surface area contributed by atoms with E-state index in [1.54, 1.807) is 0 Å². The standard InChI is InChI=1S/C14H21N3O2/c1-16(13-4-2-3-12(9-13)10-15)11-14(18)17-5-7-19-8-6-17/h2-4,9H,5-8,10-11,15H2,1H3. The first-order valence-corrected chi connectivity index (χ1v) is 6.56. The van der Waals surface area contributed by atoms with Crippen molar-refractivity contribution in [2.75, 3.05) is 44.8 Å². The van der Waals surface area contributed by atoms with E-state index < -0.39 is 0 Å². The van der Waals surface area contributed by atoms with Gasteiger partial charge in [-0.2, -0.15) is 0 Å². The fourth-order valence-electron chi connectivity index (χ4n) is 2.13. The molecule has 5 heteroatoms. The fraction of sp³-hybridized carbons (Fsp3) is 0.500. The molecular weight excluding hydrogens is 242 g/mol. The van der Waals surface area contributed by atoms with Crippen molar-refractivity contribution in [1.29, 1.82) is 0 Å². The number of morpholine rings is 1. The Morgan fingerprint density at radius 2 is 2.16 bits per heavy atom. The summed E-state index contributed by atoms with van der Waals surface area (Å²) in [6.07, 6.45) is 0. The van der Waals surface area contributed by atoms with E-state index in [-0.39, 0.29) is 5.91 Å². The lowest BCUT2D eigenvalue weighted by Crippen LogP contribution is -2.45. The number of carbonyl (C=O) groups is 1. The quantitative estimate of drug-likeness (QED) is 0.856. The predicted molar refractivity (Wildman–Crippen MR) is 75.0 cm³/mol. The molecule has 0 bridgehead atoms. The Morgan fingerprint density at radius 3 is 2.84 bits per heavy atom. The zero-order valence-electron chi connectivity index (χ0n) is 11.3. The molecule has 1 heterocycles. The van der Waals surface area contributed by atoms with Crippen molar-refractivity contribution in [2.24, 2.45) is 5.73 Å². The highest BCUT2D eigenvalue weighted by Crippen LogP contribution is 2.14.